The number of aryl methyl sites for hydroxylation is 1. The van der Waals surface area contributed by atoms with E-state index in [1.807, 2.05) is 70.2 Å². The van der Waals surface area contributed by atoms with Gasteiger partial charge in [-0.3, -0.25) is 9.59 Å². The van der Waals surface area contributed by atoms with Crippen molar-refractivity contribution in [3.63, 3.8) is 0 Å². The van der Waals surface area contributed by atoms with Crippen LogP contribution in [0.25, 0.3) is 0 Å². The van der Waals surface area contributed by atoms with E-state index in [0.29, 0.717) is 31.2 Å². The normalized spacial score (nSPS) is 12.4. The van der Waals surface area contributed by atoms with Gasteiger partial charge in [-0.2, -0.15) is 0 Å². The molecule has 2 aromatic rings. The molecular weight excluding hydrogens is 492 g/mol. The summed E-state index contributed by atoms with van der Waals surface area (Å²) in [6, 6.07) is 13.3. The standard InChI is InChI=1S/C28H39BrN2O3/c1-8-24(27(33)30-16-19(2)3)31(17-21-12-10-9-11-20(21)4)26(32)18-34-25-14-13-22(15-23(25)29)28(5,6)7/h9-15,19,24H,8,16-18H2,1-7H3,(H,30,33)/t24-/m1/s1. The van der Waals surface area contributed by atoms with Gasteiger partial charge in [-0.1, -0.05) is 71.9 Å². The molecule has 0 saturated heterocycles. The lowest BCUT2D eigenvalue weighted by Crippen LogP contribution is -2.50. The molecule has 0 fully saturated rings. The number of nitrogens with one attached hydrogen (secondary N) is 1. The van der Waals surface area contributed by atoms with Crippen LogP contribution in [0.3, 0.4) is 0 Å². The van der Waals surface area contributed by atoms with Crippen molar-refractivity contribution >= 4 is 27.7 Å². The number of rotatable bonds is 10. The van der Waals surface area contributed by atoms with Gasteiger partial charge in [0.2, 0.25) is 5.91 Å². The molecule has 0 aliphatic carbocycles. The van der Waals surface area contributed by atoms with Gasteiger partial charge in [0.05, 0.1) is 4.47 Å². The molecule has 6 heteroatoms. The number of hydrogen-bond acceptors (Lipinski definition) is 3. The van der Waals surface area contributed by atoms with Crippen molar-refractivity contribution in [1.82, 2.24) is 10.2 Å². The smallest absolute Gasteiger partial charge is 0.261 e. The molecule has 2 amide bonds. The monoisotopic (exact) mass is 530 g/mol. The highest BCUT2D eigenvalue weighted by atomic mass is 79.9. The van der Waals surface area contributed by atoms with Crippen LogP contribution in [0.5, 0.6) is 5.75 Å². The van der Waals surface area contributed by atoms with Gasteiger partial charge in [0.15, 0.2) is 6.61 Å². The van der Waals surface area contributed by atoms with E-state index in [2.05, 4.69) is 42.0 Å². The molecule has 2 rings (SSSR count). The second-order valence-corrected chi connectivity index (χ2v) is 11.0. The van der Waals surface area contributed by atoms with Gasteiger partial charge in [-0.15, -0.1) is 0 Å². The molecule has 5 nitrogen and oxygen atoms in total. The van der Waals surface area contributed by atoms with E-state index >= 15 is 0 Å². The Hall–Kier alpha value is -2.34. The second-order valence-electron chi connectivity index (χ2n) is 10.2. The summed E-state index contributed by atoms with van der Waals surface area (Å²) in [5.74, 6) is 0.587. The summed E-state index contributed by atoms with van der Waals surface area (Å²) in [6.45, 7) is 15.3. The summed E-state index contributed by atoms with van der Waals surface area (Å²) in [4.78, 5) is 28.1. The number of halogens is 1. The number of hydrogen-bond donors (Lipinski definition) is 1. The maximum atomic E-state index is 13.4. The molecular formula is C28H39BrN2O3. The van der Waals surface area contributed by atoms with Crippen LogP contribution in [0.1, 0.15) is 64.7 Å². The van der Waals surface area contributed by atoms with Crippen LogP contribution in [0.2, 0.25) is 0 Å². The van der Waals surface area contributed by atoms with Crippen molar-refractivity contribution in [2.45, 2.75) is 72.9 Å². The van der Waals surface area contributed by atoms with Crippen molar-refractivity contribution in [3.8, 4) is 5.75 Å². The van der Waals surface area contributed by atoms with Gasteiger partial charge < -0.3 is 15.0 Å². The van der Waals surface area contributed by atoms with Crippen LogP contribution in [0.15, 0.2) is 46.9 Å². The van der Waals surface area contributed by atoms with Crippen LogP contribution in [0, 0.1) is 12.8 Å². The predicted molar refractivity (Wildman–Crippen MR) is 142 cm³/mol. The maximum Gasteiger partial charge on any atom is 0.261 e. The summed E-state index contributed by atoms with van der Waals surface area (Å²) >= 11 is 3.58. The molecule has 0 spiro atoms. The number of carbonyl (C=O) groups is 2. The van der Waals surface area contributed by atoms with Gasteiger partial charge in [0.1, 0.15) is 11.8 Å². The Kier molecular flexibility index (Phi) is 10.2. The van der Waals surface area contributed by atoms with Crippen LogP contribution >= 0.6 is 15.9 Å². The van der Waals surface area contributed by atoms with E-state index in [1.165, 1.54) is 5.56 Å². The minimum absolute atomic E-state index is 0.0128. The summed E-state index contributed by atoms with van der Waals surface area (Å²) < 4.78 is 6.72. The van der Waals surface area contributed by atoms with E-state index in [0.717, 1.165) is 15.6 Å². The topological polar surface area (TPSA) is 58.6 Å². The van der Waals surface area contributed by atoms with E-state index in [-0.39, 0.29) is 23.8 Å². The summed E-state index contributed by atoms with van der Waals surface area (Å²) in [5, 5.41) is 2.99. The Morgan fingerprint density at radius 2 is 1.79 bits per heavy atom. The number of ether oxygens (including phenoxy) is 1. The van der Waals surface area contributed by atoms with Crippen molar-refractivity contribution in [3.05, 3.63) is 63.6 Å². The fourth-order valence-corrected chi connectivity index (χ4v) is 4.11. The first-order valence-corrected chi connectivity index (χ1v) is 12.8. The Morgan fingerprint density at radius 1 is 1.12 bits per heavy atom. The maximum absolute atomic E-state index is 13.4. The quantitative estimate of drug-likeness (QED) is 0.408. The first-order valence-electron chi connectivity index (χ1n) is 12.0. The van der Waals surface area contributed by atoms with Crippen LogP contribution < -0.4 is 10.1 Å². The predicted octanol–water partition coefficient (Wildman–Crippen LogP) is 6.01. The number of nitrogens with zero attached hydrogens (tertiary/aromatic N) is 1. The second kappa shape index (κ2) is 12.4. The van der Waals surface area contributed by atoms with E-state index < -0.39 is 6.04 Å². The van der Waals surface area contributed by atoms with Crippen molar-refractivity contribution < 1.29 is 14.3 Å². The zero-order valence-corrected chi connectivity index (χ0v) is 23.2. The lowest BCUT2D eigenvalue weighted by atomic mass is 9.87. The van der Waals surface area contributed by atoms with Crippen LogP contribution in [0.4, 0.5) is 0 Å². The number of amides is 2. The summed E-state index contributed by atoms with van der Waals surface area (Å²) in [6.07, 6.45) is 0.519. The summed E-state index contributed by atoms with van der Waals surface area (Å²) in [7, 11) is 0. The minimum atomic E-state index is -0.568. The first kappa shape index (κ1) is 27.9. The zero-order valence-electron chi connectivity index (χ0n) is 21.6. The van der Waals surface area contributed by atoms with Crippen LogP contribution in [-0.2, 0) is 21.5 Å². The fraction of sp³-hybridized carbons (Fsp3) is 0.500. The molecule has 1 N–H and O–H groups in total. The number of benzene rings is 2. The van der Waals surface area contributed by atoms with Crippen LogP contribution in [-0.4, -0.2) is 35.9 Å². The number of carbonyl (C=O) groups excluding carboxylic acids is 2. The fourth-order valence-electron chi connectivity index (χ4n) is 3.62. The lowest BCUT2D eigenvalue weighted by Gasteiger charge is -2.31. The Labute approximate surface area is 213 Å². The van der Waals surface area contributed by atoms with E-state index in [9.17, 15) is 9.59 Å². The van der Waals surface area contributed by atoms with E-state index in [4.69, 9.17) is 4.74 Å². The average molecular weight is 532 g/mol. The highest BCUT2D eigenvalue weighted by Crippen LogP contribution is 2.31. The highest BCUT2D eigenvalue weighted by molar-refractivity contribution is 9.10. The SMILES string of the molecule is CC[C@H](C(=O)NCC(C)C)N(Cc1ccccc1C)C(=O)COc1ccc(C(C)(C)C)cc1Br. The highest BCUT2D eigenvalue weighted by Gasteiger charge is 2.29. The molecule has 0 heterocycles. The largest absolute Gasteiger partial charge is 0.483 e. The van der Waals surface area contributed by atoms with Gasteiger partial charge in [0.25, 0.3) is 5.91 Å². The summed E-state index contributed by atoms with van der Waals surface area (Å²) in [5.41, 5.74) is 3.28. The van der Waals surface area contributed by atoms with Gasteiger partial charge in [-0.05, 0) is 69.4 Å². The molecule has 0 unspecified atom stereocenters. The molecule has 0 aliphatic heterocycles. The van der Waals surface area contributed by atoms with Crippen molar-refractivity contribution in [2.24, 2.45) is 5.92 Å². The van der Waals surface area contributed by atoms with E-state index in [1.54, 1.807) is 4.90 Å². The minimum Gasteiger partial charge on any atom is -0.483 e. The molecule has 0 radical (unpaired) electrons. The molecule has 186 valence electrons. The molecule has 0 aliphatic rings. The third-order valence-corrected chi connectivity index (χ3v) is 6.44. The average Bonchev–Trinajstić information content (AvgIpc) is 2.77. The Bertz CT molecular complexity index is 982. The molecule has 0 saturated carbocycles. The third kappa shape index (κ3) is 7.86. The first-order chi connectivity index (χ1) is 15.9. The third-order valence-electron chi connectivity index (χ3n) is 5.82. The van der Waals surface area contributed by atoms with Crippen molar-refractivity contribution in [1.29, 1.82) is 0 Å². The molecule has 1 atom stereocenters. The van der Waals surface area contributed by atoms with Crippen molar-refractivity contribution in [2.75, 3.05) is 13.2 Å². The Morgan fingerprint density at radius 3 is 2.35 bits per heavy atom. The Balaban J connectivity index is 2.24. The van der Waals surface area contributed by atoms with Gasteiger partial charge >= 0.3 is 0 Å². The van der Waals surface area contributed by atoms with Gasteiger partial charge in [0, 0.05) is 13.1 Å². The molecule has 34 heavy (non-hydrogen) atoms. The van der Waals surface area contributed by atoms with Gasteiger partial charge in [-0.25, -0.2) is 0 Å². The zero-order chi connectivity index (χ0) is 25.5. The molecule has 2 aromatic carbocycles. The molecule has 0 bridgehead atoms. The lowest BCUT2D eigenvalue weighted by molar-refractivity contribution is -0.143. The molecule has 0 aromatic heterocycles.